The van der Waals surface area contributed by atoms with Crippen LogP contribution in [-0.4, -0.2) is 4.98 Å². The van der Waals surface area contributed by atoms with Crippen LogP contribution in [0, 0.1) is 13.8 Å². The normalized spacial score (nSPS) is 8.25. The fourth-order valence-corrected chi connectivity index (χ4v) is 0.813. The van der Waals surface area contributed by atoms with Crippen molar-refractivity contribution in [3.63, 3.8) is 0 Å². The molecule has 1 heterocycles. The summed E-state index contributed by atoms with van der Waals surface area (Å²) in [5.41, 5.74) is 8.82. The van der Waals surface area contributed by atoms with Crippen molar-refractivity contribution in [2.45, 2.75) is 20.4 Å². The SMILES string of the molecule is Cc1cc(CN)cnc1C.Cl.Cl. The summed E-state index contributed by atoms with van der Waals surface area (Å²) in [5.74, 6) is 0. The number of hydrogen-bond donors (Lipinski definition) is 1. The van der Waals surface area contributed by atoms with Crippen LogP contribution in [0.2, 0.25) is 0 Å². The lowest BCUT2D eigenvalue weighted by Gasteiger charge is -2.00. The highest BCUT2D eigenvalue weighted by Gasteiger charge is 1.93. The maximum atomic E-state index is 5.43. The van der Waals surface area contributed by atoms with Crippen LogP contribution in [0.15, 0.2) is 12.3 Å². The van der Waals surface area contributed by atoms with Gasteiger partial charge in [-0.3, -0.25) is 4.98 Å². The first kappa shape index (κ1) is 14.2. The Morgan fingerprint density at radius 1 is 1.33 bits per heavy atom. The first-order chi connectivity index (χ1) is 4.74. The van der Waals surface area contributed by atoms with E-state index in [1.807, 2.05) is 20.0 Å². The molecule has 0 bridgehead atoms. The highest BCUT2D eigenvalue weighted by molar-refractivity contribution is 5.85. The lowest BCUT2D eigenvalue weighted by Crippen LogP contribution is -1.98. The molecule has 0 atom stereocenters. The maximum Gasteiger partial charge on any atom is 0.0402 e. The van der Waals surface area contributed by atoms with Gasteiger partial charge in [0, 0.05) is 18.4 Å². The fourth-order valence-electron chi connectivity index (χ4n) is 0.813. The number of nitrogens with two attached hydrogens (primary N) is 1. The third-order valence-corrected chi connectivity index (χ3v) is 1.63. The molecule has 2 N–H and O–H groups in total. The second-order valence-corrected chi connectivity index (χ2v) is 2.45. The van der Waals surface area contributed by atoms with Gasteiger partial charge < -0.3 is 5.73 Å². The van der Waals surface area contributed by atoms with E-state index in [-0.39, 0.29) is 24.8 Å². The largest absolute Gasteiger partial charge is 0.326 e. The van der Waals surface area contributed by atoms with Crippen molar-refractivity contribution < 1.29 is 0 Å². The zero-order chi connectivity index (χ0) is 7.56. The van der Waals surface area contributed by atoms with Crippen LogP contribution in [0.1, 0.15) is 16.8 Å². The minimum absolute atomic E-state index is 0. The van der Waals surface area contributed by atoms with E-state index in [0.717, 1.165) is 11.3 Å². The van der Waals surface area contributed by atoms with E-state index in [0.29, 0.717) is 6.54 Å². The molecule has 70 valence electrons. The standard InChI is InChI=1S/C8H12N2.2ClH/c1-6-3-8(4-9)5-10-7(6)2;;/h3,5H,4,9H2,1-2H3;2*1H. The van der Waals surface area contributed by atoms with Crippen molar-refractivity contribution in [1.82, 2.24) is 4.98 Å². The van der Waals surface area contributed by atoms with Crippen LogP contribution in [0.5, 0.6) is 0 Å². The minimum Gasteiger partial charge on any atom is -0.326 e. The molecule has 1 rings (SSSR count). The average molecular weight is 209 g/mol. The minimum atomic E-state index is 0. The van der Waals surface area contributed by atoms with E-state index < -0.39 is 0 Å². The van der Waals surface area contributed by atoms with Crippen LogP contribution in [0.3, 0.4) is 0 Å². The van der Waals surface area contributed by atoms with Crippen molar-refractivity contribution in [2.75, 3.05) is 0 Å². The zero-order valence-corrected chi connectivity index (χ0v) is 8.84. The van der Waals surface area contributed by atoms with Gasteiger partial charge in [-0.2, -0.15) is 0 Å². The number of pyridine rings is 1. The smallest absolute Gasteiger partial charge is 0.0402 e. The Labute approximate surface area is 85.4 Å². The molecule has 12 heavy (non-hydrogen) atoms. The number of rotatable bonds is 1. The molecule has 4 heteroatoms. The number of hydrogen-bond acceptors (Lipinski definition) is 2. The lowest BCUT2D eigenvalue weighted by molar-refractivity contribution is 1.02. The second-order valence-electron chi connectivity index (χ2n) is 2.45. The van der Waals surface area contributed by atoms with Gasteiger partial charge in [-0.1, -0.05) is 6.07 Å². The van der Waals surface area contributed by atoms with Gasteiger partial charge in [-0.05, 0) is 25.0 Å². The van der Waals surface area contributed by atoms with Gasteiger partial charge in [0.15, 0.2) is 0 Å². The monoisotopic (exact) mass is 208 g/mol. The van der Waals surface area contributed by atoms with Gasteiger partial charge in [0.1, 0.15) is 0 Å². The molecule has 0 saturated carbocycles. The molecular weight excluding hydrogens is 195 g/mol. The van der Waals surface area contributed by atoms with Crippen molar-refractivity contribution in [3.05, 3.63) is 29.1 Å². The van der Waals surface area contributed by atoms with E-state index in [4.69, 9.17) is 5.73 Å². The molecule has 0 fully saturated rings. The molecule has 0 saturated heterocycles. The van der Waals surface area contributed by atoms with Crippen LogP contribution >= 0.6 is 24.8 Å². The molecule has 0 radical (unpaired) electrons. The van der Waals surface area contributed by atoms with Crippen molar-refractivity contribution >= 4 is 24.8 Å². The highest BCUT2D eigenvalue weighted by atomic mass is 35.5. The molecule has 0 aliphatic heterocycles. The van der Waals surface area contributed by atoms with Crippen LogP contribution in [0.4, 0.5) is 0 Å². The fraction of sp³-hybridized carbons (Fsp3) is 0.375. The Morgan fingerprint density at radius 2 is 1.92 bits per heavy atom. The average Bonchev–Trinajstić information content (AvgIpc) is 1.95. The van der Waals surface area contributed by atoms with E-state index in [9.17, 15) is 0 Å². The molecule has 0 aliphatic rings. The molecule has 0 amide bonds. The second kappa shape index (κ2) is 6.23. The van der Waals surface area contributed by atoms with Crippen LogP contribution < -0.4 is 5.73 Å². The van der Waals surface area contributed by atoms with Gasteiger partial charge in [0.25, 0.3) is 0 Å². The highest BCUT2D eigenvalue weighted by Crippen LogP contribution is 2.04. The number of aromatic nitrogens is 1. The first-order valence-electron chi connectivity index (χ1n) is 3.36. The molecule has 0 spiro atoms. The predicted molar refractivity (Wildman–Crippen MR) is 56.1 cm³/mol. The number of aryl methyl sites for hydroxylation is 2. The van der Waals surface area contributed by atoms with E-state index in [2.05, 4.69) is 11.1 Å². The molecule has 2 nitrogen and oxygen atoms in total. The summed E-state index contributed by atoms with van der Waals surface area (Å²) in [5, 5.41) is 0. The topological polar surface area (TPSA) is 38.9 Å². The first-order valence-corrected chi connectivity index (χ1v) is 3.36. The summed E-state index contributed by atoms with van der Waals surface area (Å²) in [6.45, 7) is 4.62. The zero-order valence-electron chi connectivity index (χ0n) is 7.20. The summed E-state index contributed by atoms with van der Waals surface area (Å²) >= 11 is 0. The predicted octanol–water partition coefficient (Wildman–Crippen LogP) is 2.00. The Hall–Kier alpha value is -0.310. The van der Waals surface area contributed by atoms with Crippen LogP contribution in [-0.2, 0) is 6.54 Å². The van der Waals surface area contributed by atoms with Gasteiger partial charge in [0.05, 0.1) is 0 Å². The van der Waals surface area contributed by atoms with E-state index >= 15 is 0 Å². The van der Waals surface area contributed by atoms with Crippen LogP contribution in [0.25, 0.3) is 0 Å². The quantitative estimate of drug-likeness (QED) is 0.768. The summed E-state index contributed by atoms with van der Waals surface area (Å²) in [6.07, 6.45) is 1.82. The molecule has 1 aromatic heterocycles. The molecule has 0 unspecified atom stereocenters. The molecule has 1 aromatic rings. The molecule has 0 aromatic carbocycles. The van der Waals surface area contributed by atoms with Crippen molar-refractivity contribution in [3.8, 4) is 0 Å². The van der Waals surface area contributed by atoms with Crippen molar-refractivity contribution in [1.29, 1.82) is 0 Å². The summed E-state index contributed by atoms with van der Waals surface area (Å²) in [6, 6.07) is 2.07. The Bertz CT molecular complexity index is 238. The maximum absolute atomic E-state index is 5.43. The third-order valence-electron chi connectivity index (χ3n) is 1.63. The van der Waals surface area contributed by atoms with Crippen molar-refractivity contribution in [2.24, 2.45) is 5.73 Å². The van der Waals surface area contributed by atoms with E-state index in [1.165, 1.54) is 5.56 Å². The van der Waals surface area contributed by atoms with Gasteiger partial charge >= 0.3 is 0 Å². The Balaban J connectivity index is 0. The third kappa shape index (κ3) is 3.39. The summed E-state index contributed by atoms with van der Waals surface area (Å²) in [7, 11) is 0. The summed E-state index contributed by atoms with van der Waals surface area (Å²) < 4.78 is 0. The Morgan fingerprint density at radius 3 is 2.33 bits per heavy atom. The molecular formula is C8H14Cl2N2. The van der Waals surface area contributed by atoms with Gasteiger partial charge in [-0.15, -0.1) is 24.8 Å². The van der Waals surface area contributed by atoms with Gasteiger partial charge in [0.2, 0.25) is 0 Å². The summed E-state index contributed by atoms with van der Waals surface area (Å²) in [4.78, 5) is 4.17. The molecule has 0 aliphatic carbocycles. The Kier molecular flexibility index (Phi) is 7.39. The number of halogens is 2. The van der Waals surface area contributed by atoms with E-state index in [1.54, 1.807) is 0 Å². The number of nitrogens with zero attached hydrogens (tertiary/aromatic N) is 1. The lowest BCUT2D eigenvalue weighted by atomic mass is 10.2. The van der Waals surface area contributed by atoms with Gasteiger partial charge in [-0.25, -0.2) is 0 Å².